The minimum atomic E-state index is -0.335. The Hall–Kier alpha value is -0.630. The molecule has 3 heteroatoms. The zero-order valence-electron chi connectivity index (χ0n) is 6.44. The summed E-state index contributed by atoms with van der Waals surface area (Å²) >= 11 is 5.71. The van der Waals surface area contributed by atoms with E-state index in [1.54, 1.807) is 0 Å². The predicted molar refractivity (Wildman–Crippen MR) is 43.3 cm³/mol. The molecular formula is C8H9ClFN. The molecule has 1 rings (SSSR count). The van der Waals surface area contributed by atoms with Gasteiger partial charge in [-0.3, -0.25) is 0 Å². The molecule has 0 radical (unpaired) electrons. The molecule has 1 heterocycles. The van der Waals surface area contributed by atoms with E-state index in [0.29, 0.717) is 5.15 Å². The summed E-state index contributed by atoms with van der Waals surface area (Å²) in [6.07, 6.45) is 1.12. The van der Waals surface area contributed by atoms with Gasteiger partial charge in [-0.15, -0.1) is 0 Å². The molecule has 0 aromatic carbocycles. The number of hydrogen-bond donors (Lipinski definition) is 0. The van der Waals surface area contributed by atoms with Crippen molar-refractivity contribution in [3.63, 3.8) is 0 Å². The Kier molecular flexibility index (Phi) is 2.45. The van der Waals surface area contributed by atoms with E-state index in [4.69, 9.17) is 11.6 Å². The van der Waals surface area contributed by atoms with Crippen LogP contribution in [0.1, 0.15) is 25.3 Å². The van der Waals surface area contributed by atoms with E-state index in [1.807, 2.05) is 13.8 Å². The van der Waals surface area contributed by atoms with Crippen molar-refractivity contribution in [3.05, 3.63) is 28.8 Å². The Morgan fingerprint density at radius 2 is 2.18 bits per heavy atom. The van der Waals surface area contributed by atoms with Gasteiger partial charge in [0.25, 0.3) is 0 Å². The lowest BCUT2D eigenvalue weighted by molar-refractivity contribution is 0.616. The standard InChI is InChI=1S/C8H9ClFN/c1-5(2)7-3-6(10)4-11-8(7)9/h3-5H,1-2H3. The van der Waals surface area contributed by atoms with Gasteiger partial charge in [0, 0.05) is 0 Å². The summed E-state index contributed by atoms with van der Waals surface area (Å²) in [5.41, 5.74) is 0.756. The SMILES string of the molecule is CC(C)c1cc(F)cnc1Cl. The summed E-state index contributed by atoms with van der Waals surface area (Å²) in [6, 6.07) is 1.42. The van der Waals surface area contributed by atoms with Gasteiger partial charge in [-0.05, 0) is 17.5 Å². The highest BCUT2D eigenvalue weighted by Crippen LogP contribution is 2.21. The van der Waals surface area contributed by atoms with E-state index in [-0.39, 0.29) is 11.7 Å². The van der Waals surface area contributed by atoms with Gasteiger partial charge in [0.15, 0.2) is 0 Å². The minimum Gasteiger partial charge on any atom is -0.241 e. The average Bonchev–Trinajstić information content (AvgIpc) is 1.94. The molecule has 0 fully saturated rings. The van der Waals surface area contributed by atoms with Crippen molar-refractivity contribution in [2.45, 2.75) is 19.8 Å². The van der Waals surface area contributed by atoms with Crippen LogP contribution in [0.3, 0.4) is 0 Å². The molecule has 0 saturated heterocycles. The van der Waals surface area contributed by atoms with Crippen LogP contribution < -0.4 is 0 Å². The average molecular weight is 174 g/mol. The van der Waals surface area contributed by atoms with Crippen LogP contribution >= 0.6 is 11.6 Å². The fraction of sp³-hybridized carbons (Fsp3) is 0.375. The topological polar surface area (TPSA) is 12.9 Å². The Bertz CT molecular complexity index is 260. The zero-order chi connectivity index (χ0) is 8.43. The van der Waals surface area contributed by atoms with Crippen molar-refractivity contribution in [1.29, 1.82) is 0 Å². The van der Waals surface area contributed by atoms with Crippen LogP contribution in [0, 0.1) is 5.82 Å². The molecule has 0 amide bonds. The van der Waals surface area contributed by atoms with E-state index >= 15 is 0 Å². The molecule has 0 N–H and O–H groups in total. The molecule has 1 aromatic heterocycles. The van der Waals surface area contributed by atoms with Gasteiger partial charge >= 0.3 is 0 Å². The summed E-state index contributed by atoms with van der Waals surface area (Å²) in [6.45, 7) is 3.89. The third-order valence-electron chi connectivity index (χ3n) is 1.45. The second kappa shape index (κ2) is 3.18. The number of halogens is 2. The van der Waals surface area contributed by atoms with Crippen LogP contribution in [0.15, 0.2) is 12.3 Å². The molecule has 0 aliphatic heterocycles. The molecule has 0 saturated carbocycles. The molecule has 0 spiro atoms. The maximum atomic E-state index is 12.6. The first-order valence-electron chi connectivity index (χ1n) is 3.42. The van der Waals surface area contributed by atoms with Crippen molar-refractivity contribution in [1.82, 2.24) is 4.98 Å². The number of nitrogens with zero attached hydrogens (tertiary/aromatic N) is 1. The van der Waals surface area contributed by atoms with Crippen LogP contribution in [-0.2, 0) is 0 Å². The van der Waals surface area contributed by atoms with E-state index in [1.165, 1.54) is 6.07 Å². The molecule has 60 valence electrons. The number of pyridine rings is 1. The minimum absolute atomic E-state index is 0.214. The van der Waals surface area contributed by atoms with Gasteiger partial charge in [-0.25, -0.2) is 9.37 Å². The maximum absolute atomic E-state index is 12.6. The highest BCUT2D eigenvalue weighted by atomic mass is 35.5. The van der Waals surface area contributed by atoms with Gasteiger partial charge in [0.05, 0.1) is 6.20 Å². The van der Waals surface area contributed by atoms with Crippen LogP contribution in [0.4, 0.5) is 4.39 Å². The van der Waals surface area contributed by atoms with E-state index in [9.17, 15) is 4.39 Å². The summed E-state index contributed by atoms with van der Waals surface area (Å²) in [5.74, 6) is -0.121. The molecule has 0 bridgehead atoms. The third-order valence-corrected chi connectivity index (χ3v) is 1.77. The summed E-state index contributed by atoms with van der Waals surface area (Å²) in [5, 5.41) is 0.390. The molecule has 0 aliphatic carbocycles. The Morgan fingerprint density at radius 1 is 1.55 bits per heavy atom. The van der Waals surface area contributed by atoms with Crippen LogP contribution in [-0.4, -0.2) is 4.98 Å². The van der Waals surface area contributed by atoms with E-state index < -0.39 is 0 Å². The lowest BCUT2D eigenvalue weighted by Gasteiger charge is -2.05. The van der Waals surface area contributed by atoms with E-state index in [0.717, 1.165) is 11.8 Å². The van der Waals surface area contributed by atoms with Crippen molar-refractivity contribution in [3.8, 4) is 0 Å². The zero-order valence-corrected chi connectivity index (χ0v) is 7.19. The lowest BCUT2D eigenvalue weighted by Crippen LogP contribution is -1.92. The van der Waals surface area contributed by atoms with Crippen molar-refractivity contribution in [2.24, 2.45) is 0 Å². The van der Waals surface area contributed by atoms with Gasteiger partial charge in [0.1, 0.15) is 11.0 Å². The monoisotopic (exact) mass is 173 g/mol. The predicted octanol–water partition coefficient (Wildman–Crippen LogP) is 3.00. The Morgan fingerprint density at radius 3 is 2.64 bits per heavy atom. The van der Waals surface area contributed by atoms with Gasteiger partial charge in [-0.2, -0.15) is 0 Å². The second-order valence-electron chi connectivity index (χ2n) is 2.69. The summed E-state index contributed by atoms with van der Waals surface area (Å²) in [4.78, 5) is 3.69. The quantitative estimate of drug-likeness (QED) is 0.595. The van der Waals surface area contributed by atoms with Crippen molar-refractivity contribution < 1.29 is 4.39 Å². The highest BCUT2D eigenvalue weighted by Gasteiger charge is 2.06. The number of rotatable bonds is 1. The summed E-state index contributed by atoms with van der Waals surface area (Å²) < 4.78 is 12.6. The van der Waals surface area contributed by atoms with Gasteiger partial charge in [0.2, 0.25) is 0 Å². The molecule has 0 unspecified atom stereocenters. The molecule has 1 nitrogen and oxygen atoms in total. The maximum Gasteiger partial charge on any atom is 0.141 e. The fourth-order valence-electron chi connectivity index (χ4n) is 0.843. The first kappa shape index (κ1) is 8.47. The van der Waals surface area contributed by atoms with Crippen molar-refractivity contribution in [2.75, 3.05) is 0 Å². The van der Waals surface area contributed by atoms with Crippen LogP contribution in [0.5, 0.6) is 0 Å². The number of hydrogen-bond acceptors (Lipinski definition) is 1. The Balaban J connectivity index is 3.13. The van der Waals surface area contributed by atoms with Gasteiger partial charge in [-0.1, -0.05) is 25.4 Å². The lowest BCUT2D eigenvalue weighted by atomic mass is 10.1. The van der Waals surface area contributed by atoms with Crippen LogP contribution in [0.2, 0.25) is 5.15 Å². The molecule has 1 aromatic rings. The normalized spacial score (nSPS) is 10.6. The molecule has 0 atom stereocenters. The van der Waals surface area contributed by atoms with Gasteiger partial charge < -0.3 is 0 Å². The molecular weight excluding hydrogens is 165 g/mol. The van der Waals surface area contributed by atoms with E-state index in [2.05, 4.69) is 4.98 Å². The largest absolute Gasteiger partial charge is 0.241 e. The second-order valence-corrected chi connectivity index (χ2v) is 3.05. The first-order chi connectivity index (χ1) is 5.11. The summed E-state index contributed by atoms with van der Waals surface area (Å²) in [7, 11) is 0. The van der Waals surface area contributed by atoms with Crippen molar-refractivity contribution >= 4 is 11.6 Å². The number of aromatic nitrogens is 1. The first-order valence-corrected chi connectivity index (χ1v) is 3.80. The van der Waals surface area contributed by atoms with Crippen LogP contribution in [0.25, 0.3) is 0 Å². The third kappa shape index (κ3) is 1.90. The smallest absolute Gasteiger partial charge is 0.141 e. The highest BCUT2D eigenvalue weighted by molar-refractivity contribution is 6.30. The molecule has 11 heavy (non-hydrogen) atoms. The Labute approximate surface area is 70.2 Å². The fourth-order valence-corrected chi connectivity index (χ4v) is 1.16. The molecule has 0 aliphatic rings.